The largest absolute Gasteiger partial charge is 0.369 e. The number of anilines is 1. The summed E-state index contributed by atoms with van der Waals surface area (Å²) in [5.41, 5.74) is -0.261. The molecule has 1 aliphatic rings. The third kappa shape index (κ3) is 3.37. The summed E-state index contributed by atoms with van der Waals surface area (Å²) in [6.45, 7) is 7.01. The quantitative estimate of drug-likeness (QED) is 0.676. The van der Waals surface area contributed by atoms with Crippen LogP contribution in [-0.4, -0.2) is 27.2 Å². The van der Waals surface area contributed by atoms with Crippen molar-refractivity contribution in [2.45, 2.75) is 33.4 Å². The minimum Gasteiger partial charge on any atom is -0.369 e. The second-order valence-corrected chi connectivity index (χ2v) is 7.76. The molecule has 1 aromatic heterocycles. The molecule has 2 heterocycles. The number of benzene rings is 1. The van der Waals surface area contributed by atoms with Gasteiger partial charge in [0.2, 0.25) is 5.95 Å². The van der Waals surface area contributed by atoms with Crippen molar-refractivity contribution < 1.29 is 18.3 Å². The lowest BCUT2D eigenvalue weighted by atomic mass is 9.85. The Morgan fingerprint density at radius 2 is 1.74 bits per heavy atom. The minimum absolute atomic E-state index is 0.0423. The highest BCUT2D eigenvalue weighted by Gasteiger charge is 2.36. The lowest BCUT2D eigenvalue weighted by Crippen LogP contribution is -2.42. The zero-order valence-electron chi connectivity index (χ0n) is 15.2. The number of rotatable bonds is 2. The molecule has 0 radical (unpaired) electrons. The first kappa shape index (κ1) is 19.5. The lowest BCUT2D eigenvalue weighted by molar-refractivity contribution is -0.0369. The molecule has 3 N–H and O–H groups in total. The van der Waals surface area contributed by atoms with Crippen LogP contribution in [0.1, 0.15) is 27.7 Å². The zero-order valence-corrected chi connectivity index (χ0v) is 15.9. The van der Waals surface area contributed by atoms with Crippen molar-refractivity contribution in [1.82, 2.24) is 9.66 Å². The first-order chi connectivity index (χ1) is 12.4. The van der Waals surface area contributed by atoms with Gasteiger partial charge in [-0.2, -0.15) is 0 Å². The first-order valence-electron chi connectivity index (χ1n) is 8.16. The highest BCUT2D eigenvalue weighted by Crippen LogP contribution is 2.33. The molecule has 10 heteroatoms. The number of halogens is 4. The van der Waals surface area contributed by atoms with Crippen LogP contribution < -0.4 is 16.2 Å². The number of nitrogens with zero attached hydrogens (tertiary/aromatic N) is 3. The summed E-state index contributed by atoms with van der Waals surface area (Å²) >= 11 is 6.21. The molecular weight excluding hydrogens is 383 g/mol. The SMILES string of the molecule is CC(C)(C)C(C)(O)/N=c1/c(-c2c(F)cc(F)cc2F)c(Cl)nc2n1NCN2. The molecule has 0 bridgehead atoms. The Kier molecular flexibility index (Phi) is 4.63. The summed E-state index contributed by atoms with van der Waals surface area (Å²) in [5.74, 6) is -3.12. The van der Waals surface area contributed by atoms with Gasteiger partial charge in [0.05, 0.1) is 11.1 Å². The van der Waals surface area contributed by atoms with E-state index < -0.39 is 34.2 Å². The van der Waals surface area contributed by atoms with E-state index in [2.05, 4.69) is 20.7 Å². The zero-order chi connectivity index (χ0) is 20.1. The summed E-state index contributed by atoms with van der Waals surface area (Å²) < 4.78 is 43.6. The van der Waals surface area contributed by atoms with Crippen LogP contribution in [0.5, 0.6) is 0 Å². The van der Waals surface area contributed by atoms with Crippen molar-refractivity contribution in [1.29, 1.82) is 0 Å². The molecule has 1 aliphatic heterocycles. The van der Waals surface area contributed by atoms with Crippen LogP contribution in [0.15, 0.2) is 17.1 Å². The van der Waals surface area contributed by atoms with E-state index in [1.807, 2.05) is 0 Å². The van der Waals surface area contributed by atoms with E-state index in [0.29, 0.717) is 12.1 Å². The van der Waals surface area contributed by atoms with Crippen LogP contribution in [0, 0.1) is 22.9 Å². The Morgan fingerprint density at radius 1 is 1.15 bits per heavy atom. The van der Waals surface area contributed by atoms with Crippen molar-refractivity contribution in [2.24, 2.45) is 10.4 Å². The van der Waals surface area contributed by atoms with Crippen LogP contribution in [0.25, 0.3) is 11.1 Å². The van der Waals surface area contributed by atoms with Crippen molar-refractivity contribution >= 4 is 17.5 Å². The molecule has 1 unspecified atom stereocenters. The standard InChI is InChI=1S/C17H19ClF3N5O/c1-16(2,3)17(4,27)25-14-12(11-9(20)5-8(19)6-10(11)21)13(18)24-15-22-7-23-26(14)15/h5-6,23,27H,7H2,1-4H3,(H,22,24)/b25-14-. The number of hydrogen-bond donors (Lipinski definition) is 3. The number of aromatic nitrogens is 2. The Morgan fingerprint density at radius 3 is 2.30 bits per heavy atom. The fourth-order valence-electron chi connectivity index (χ4n) is 2.45. The van der Waals surface area contributed by atoms with Crippen LogP contribution in [0.3, 0.4) is 0 Å². The van der Waals surface area contributed by atoms with Gasteiger partial charge in [0.1, 0.15) is 29.3 Å². The third-order valence-electron chi connectivity index (χ3n) is 4.54. The monoisotopic (exact) mass is 401 g/mol. The molecule has 1 aromatic carbocycles. The first-order valence-corrected chi connectivity index (χ1v) is 8.53. The minimum atomic E-state index is -1.62. The average molecular weight is 402 g/mol. The van der Waals surface area contributed by atoms with Crippen LogP contribution in [-0.2, 0) is 0 Å². The predicted octanol–water partition coefficient (Wildman–Crippen LogP) is 3.20. The Balaban J connectivity index is 2.44. The Bertz CT molecular complexity index is 959. The van der Waals surface area contributed by atoms with E-state index in [1.54, 1.807) is 20.8 Å². The summed E-state index contributed by atoms with van der Waals surface area (Å²) in [5, 5.41) is 13.5. The van der Waals surface area contributed by atoms with Gasteiger partial charge in [-0.05, 0) is 6.92 Å². The van der Waals surface area contributed by atoms with Gasteiger partial charge in [-0.3, -0.25) is 0 Å². The molecule has 0 saturated carbocycles. The molecule has 6 nitrogen and oxygen atoms in total. The third-order valence-corrected chi connectivity index (χ3v) is 4.82. The van der Waals surface area contributed by atoms with Gasteiger partial charge < -0.3 is 15.8 Å². The second-order valence-electron chi connectivity index (χ2n) is 7.40. The number of aliphatic hydroxyl groups is 1. The van der Waals surface area contributed by atoms with Crippen molar-refractivity contribution in [3.05, 3.63) is 40.2 Å². The lowest BCUT2D eigenvalue weighted by Gasteiger charge is -2.33. The van der Waals surface area contributed by atoms with Crippen molar-refractivity contribution in [3.8, 4) is 11.1 Å². The van der Waals surface area contributed by atoms with Gasteiger partial charge in [0, 0.05) is 17.5 Å². The van der Waals surface area contributed by atoms with E-state index in [0.717, 1.165) is 0 Å². The Labute approximate surface area is 158 Å². The van der Waals surface area contributed by atoms with E-state index >= 15 is 0 Å². The summed E-state index contributed by atoms with van der Waals surface area (Å²) in [6, 6.07) is 1.09. The number of fused-ring (bicyclic) bond motifs is 1. The maximum Gasteiger partial charge on any atom is 0.226 e. The highest BCUT2D eigenvalue weighted by atomic mass is 35.5. The van der Waals surface area contributed by atoms with Gasteiger partial charge in [-0.15, -0.1) is 0 Å². The van der Waals surface area contributed by atoms with E-state index in [4.69, 9.17) is 11.6 Å². The summed E-state index contributed by atoms with van der Waals surface area (Å²) in [7, 11) is 0. The van der Waals surface area contributed by atoms with Gasteiger partial charge >= 0.3 is 0 Å². The molecule has 27 heavy (non-hydrogen) atoms. The molecule has 0 saturated heterocycles. The number of nitrogens with one attached hydrogen (secondary N) is 2. The van der Waals surface area contributed by atoms with Crippen molar-refractivity contribution in [2.75, 3.05) is 17.4 Å². The Hall–Kier alpha value is -2.26. The molecular formula is C17H19ClF3N5O. The average Bonchev–Trinajstić information content (AvgIpc) is 2.95. The molecule has 3 rings (SSSR count). The van der Waals surface area contributed by atoms with Gasteiger partial charge in [-0.25, -0.2) is 27.8 Å². The topological polar surface area (TPSA) is 74.5 Å². The van der Waals surface area contributed by atoms with Crippen molar-refractivity contribution in [3.63, 3.8) is 0 Å². The maximum absolute atomic E-state index is 14.5. The summed E-state index contributed by atoms with van der Waals surface area (Å²) in [6.07, 6.45) is 0. The smallest absolute Gasteiger partial charge is 0.226 e. The second kappa shape index (κ2) is 6.42. The highest BCUT2D eigenvalue weighted by molar-refractivity contribution is 6.32. The normalized spacial score (nSPS) is 16.6. The molecule has 146 valence electrons. The molecule has 0 amide bonds. The van der Waals surface area contributed by atoms with Crippen LogP contribution >= 0.6 is 11.6 Å². The van der Waals surface area contributed by atoms with Gasteiger partial charge in [-0.1, -0.05) is 32.4 Å². The fraction of sp³-hybridized carbons (Fsp3) is 0.412. The van der Waals surface area contributed by atoms with Crippen LogP contribution in [0.2, 0.25) is 5.15 Å². The van der Waals surface area contributed by atoms with E-state index in [-0.39, 0.29) is 28.8 Å². The molecule has 2 aromatic rings. The molecule has 0 fully saturated rings. The molecule has 0 spiro atoms. The van der Waals surface area contributed by atoms with E-state index in [1.165, 1.54) is 11.6 Å². The fourth-order valence-corrected chi connectivity index (χ4v) is 2.70. The van der Waals surface area contributed by atoms with E-state index in [9.17, 15) is 18.3 Å². The van der Waals surface area contributed by atoms with Gasteiger partial charge in [0.15, 0.2) is 11.2 Å². The predicted molar refractivity (Wildman–Crippen MR) is 96.0 cm³/mol. The summed E-state index contributed by atoms with van der Waals surface area (Å²) in [4.78, 5) is 8.41. The van der Waals surface area contributed by atoms with Gasteiger partial charge in [0.25, 0.3) is 0 Å². The maximum atomic E-state index is 14.5. The molecule has 0 aliphatic carbocycles. The number of hydrogen-bond acceptors (Lipinski definition) is 5. The van der Waals surface area contributed by atoms with Crippen LogP contribution in [0.4, 0.5) is 19.1 Å². The molecule has 1 atom stereocenters.